The number of aliphatic hydroxyl groups is 2. The third-order valence-corrected chi connectivity index (χ3v) is 6.79. The van der Waals surface area contributed by atoms with Crippen LogP contribution < -0.4 is 0 Å². The van der Waals surface area contributed by atoms with Gasteiger partial charge >= 0.3 is 5.97 Å². The third kappa shape index (κ3) is 8.96. The van der Waals surface area contributed by atoms with E-state index < -0.39 is 0 Å². The second kappa shape index (κ2) is 14.7. The average molecular weight is 451 g/mol. The van der Waals surface area contributed by atoms with Gasteiger partial charge in [0.1, 0.15) is 6.61 Å². The van der Waals surface area contributed by atoms with Crippen LogP contribution in [0.5, 0.6) is 0 Å². The Morgan fingerprint density at radius 1 is 1.19 bits per heavy atom. The van der Waals surface area contributed by atoms with Crippen molar-refractivity contribution in [3.8, 4) is 0 Å². The van der Waals surface area contributed by atoms with E-state index >= 15 is 0 Å². The van der Waals surface area contributed by atoms with Crippen LogP contribution in [-0.2, 0) is 9.53 Å². The van der Waals surface area contributed by atoms with E-state index in [1.807, 2.05) is 0 Å². The van der Waals surface area contributed by atoms with Crippen LogP contribution in [0.15, 0.2) is 36.4 Å². The van der Waals surface area contributed by atoms with E-state index in [9.17, 15) is 9.90 Å². The molecule has 174 valence electrons. The number of carbonyl (C=O) groups excluding carboxylic acids is 1. The van der Waals surface area contributed by atoms with Crippen LogP contribution in [0.4, 0.5) is 0 Å². The Bertz CT molecular complexity index is 658. The number of unbranched alkanes of at least 4 members (excludes halogenated alkanes) is 3. The maximum absolute atomic E-state index is 11.4. The highest BCUT2D eigenvalue weighted by atomic mass is 35.5. The van der Waals surface area contributed by atoms with Crippen molar-refractivity contribution in [1.29, 1.82) is 0 Å². The molecule has 0 bridgehead atoms. The molecule has 0 aromatic heterocycles. The summed E-state index contributed by atoms with van der Waals surface area (Å²) in [5.74, 6) is 0.609. The summed E-state index contributed by atoms with van der Waals surface area (Å²) in [6, 6.07) is 8.51. The molecule has 1 aliphatic rings. The van der Waals surface area contributed by atoms with Crippen LogP contribution in [0.1, 0.15) is 94.3 Å². The maximum atomic E-state index is 11.4. The molecule has 1 aliphatic carbocycles. The van der Waals surface area contributed by atoms with E-state index in [2.05, 4.69) is 43.3 Å². The van der Waals surface area contributed by atoms with E-state index in [1.54, 1.807) is 0 Å². The van der Waals surface area contributed by atoms with Gasteiger partial charge in [-0.25, -0.2) is 0 Å². The Morgan fingerprint density at radius 3 is 2.68 bits per heavy atom. The molecule has 1 saturated carbocycles. The largest absolute Gasteiger partial charge is 0.463 e. The van der Waals surface area contributed by atoms with Gasteiger partial charge in [0, 0.05) is 11.8 Å². The highest BCUT2D eigenvalue weighted by Gasteiger charge is 2.34. The smallest absolute Gasteiger partial charge is 0.305 e. The summed E-state index contributed by atoms with van der Waals surface area (Å²) in [7, 11) is 0. The molecule has 0 radical (unpaired) electrons. The summed E-state index contributed by atoms with van der Waals surface area (Å²) in [5, 5.41) is 19.2. The number of allylic oxidation sites excluding steroid dienone is 2. The summed E-state index contributed by atoms with van der Waals surface area (Å²) in [4.78, 5) is 11.4. The van der Waals surface area contributed by atoms with Crippen LogP contribution in [-0.4, -0.2) is 34.8 Å². The highest BCUT2D eigenvalue weighted by molar-refractivity contribution is 6.21. The Morgan fingerprint density at radius 2 is 1.97 bits per heavy atom. The zero-order valence-electron chi connectivity index (χ0n) is 18.8. The predicted octanol–water partition coefficient (Wildman–Crippen LogP) is 6.05. The molecule has 2 N–H and O–H groups in total. The molecule has 0 heterocycles. The lowest BCUT2D eigenvalue weighted by atomic mass is 9.85. The molecule has 0 spiro atoms. The molecule has 0 saturated heterocycles. The molecule has 4 nitrogen and oxygen atoms in total. The quantitative estimate of drug-likeness (QED) is 0.156. The topological polar surface area (TPSA) is 66.8 Å². The first-order chi connectivity index (χ1) is 15.1. The molecular weight excluding hydrogens is 412 g/mol. The molecule has 31 heavy (non-hydrogen) atoms. The number of benzene rings is 1. The molecule has 1 fully saturated rings. The first-order valence-electron chi connectivity index (χ1n) is 11.9. The number of aliphatic hydroxyl groups excluding tert-OH is 2. The molecule has 2 rings (SSSR count). The van der Waals surface area contributed by atoms with E-state index in [4.69, 9.17) is 21.4 Å². The summed E-state index contributed by atoms with van der Waals surface area (Å²) in [5.41, 5.74) is 2.33. The zero-order valence-corrected chi connectivity index (χ0v) is 19.6. The van der Waals surface area contributed by atoms with Gasteiger partial charge in [0.25, 0.3) is 0 Å². The van der Waals surface area contributed by atoms with E-state index in [-0.39, 0.29) is 30.7 Å². The minimum atomic E-state index is -0.371. The molecule has 1 unspecified atom stereocenters. The summed E-state index contributed by atoms with van der Waals surface area (Å²) < 4.78 is 4.86. The van der Waals surface area contributed by atoms with Crippen molar-refractivity contribution in [2.24, 2.45) is 5.92 Å². The van der Waals surface area contributed by atoms with Crippen LogP contribution in [0.3, 0.4) is 0 Å². The molecule has 0 amide bonds. The Labute approximate surface area is 192 Å². The number of halogens is 1. The normalized spacial score (nSPS) is 22.1. The highest BCUT2D eigenvalue weighted by Crippen LogP contribution is 2.44. The summed E-state index contributed by atoms with van der Waals surface area (Å²) in [6.45, 7) is 2.12. The van der Waals surface area contributed by atoms with Gasteiger partial charge in [-0.05, 0) is 61.5 Å². The van der Waals surface area contributed by atoms with Gasteiger partial charge in [0.05, 0.1) is 12.7 Å². The Hall–Kier alpha value is -1.36. The van der Waals surface area contributed by atoms with Gasteiger partial charge in [-0.2, -0.15) is 0 Å². The third-order valence-electron chi connectivity index (χ3n) is 6.25. The number of hydrogen-bond acceptors (Lipinski definition) is 4. The zero-order chi connectivity index (χ0) is 22.5. The first kappa shape index (κ1) is 25.9. The lowest BCUT2D eigenvalue weighted by Crippen LogP contribution is -2.13. The SMILES string of the molecule is CCCCCC(O)c1ccc([C@H]2CC[C@@H](Cl)[C@@H]2C/C=C\CCCC(=O)OCCO)cc1. The van der Waals surface area contributed by atoms with Crippen LogP contribution in [0, 0.1) is 5.92 Å². The van der Waals surface area contributed by atoms with Crippen LogP contribution in [0.25, 0.3) is 0 Å². The number of ether oxygens (including phenoxy) is 1. The molecule has 0 aliphatic heterocycles. The van der Waals surface area contributed by atoms with Crippen LogP contribution in [0.2, 0.25) is 0 Å². The minimum Gasteiger partial charge on any atom is -0.463 e. The van der Waals surface area contributed by atoms with Gasteiger partial charge in [0.2, 0.25) is 0 Å². The van der Waals surface area contributed by atoms with E-state index in [1.165, 1.54) is 12.0 Å². The second-order valence-electron chi connectivity index (χ2n) is 8.59. The van der Waals surface area contributed by atoms with Crippen molar-refractivity contribution in [2.75, 3.05) is 13.2 Å². The fraction of sp³-hybridized carbons (Fsp3) is 0.654. The van der Waals surface area contributed by atoms with Gasteiger partial charge in [-0.15, -0.1) is 11.6 Å². The number of carbonyl (C=O) groups is 1. The molecule has 1 aromatic rings. The molecular formula is C26H39ClO4. The van der Waals surface area contributed by atoms with Crippen molar-refractivity contribution < 1.29 is 19.7 Å². The van der Waals surface area contributed by atoms with Crippen molar-refractivity contribution in [2.45, 2.75) is 88.5 Å². The van der Waals surface area contributed by atoms with Crippen molar-refractivity contribution in [3.05, 3.63) is 47.5 Å². The fourth-order valence-electron chi connectivity index (χ4n) is 4.43. The Balaban J connectivity index is 1.81. The Kier molecular flexibility index (Phi) is 12.2. The predicted molar refractivity (Wildman–Crippen MR) is 126 cm³/mol. The average Bonchev–Trinajstić information content (AvgIpc) is 3.15. The summed E-state index contributed by atoms with van der Waals surface area (Å²) in [6.07, 6.45) is 13.2. The standard InChI is InChI=1S/C26H39ClO4/c1-2-3-6-10-25(29)21-14-12-20(13-15-21)22-16-17-24(27)23(22)9-7-4-5-8-11-26(30)31-19-18-28/h4,7,12-15,22-25,28-29H,2-3,5-6,8-11,16-19H2,1H3/b7-4-/t22-,23-,24-,25?/m1/s1. The number of esters is 1. The fourth-order valence-corrected chi connectivity index (χ4v) is 4.84. The number of alkyl halides is 1. The van der Waals surface area contributed by atoms with Crippen molar-refractivity contribution in [3.63, 3.8) is 0 Å². The van der Waals surface area contributed by atoms with E-state index in [0.29, 0.717) is 18.3 Å². The van der Waals surface area contributed by atoms with Crippen LogP contribution >= 0.6 is 11.6 Å². The van der Waals surface area contributed by atoms with Gasteiger partial charge in [-0.1, -0.05) is 62.6 Å². The second-order valence-corrected chi connectivity index (χ2v) is 9.15. The van der Waals surface area contributed by atoms with Crippen molar-refractivity contribution >= 4 is 17.6 Å². The first-order valence-corrected chi connectivity index (χ1v) is 12.3. The van der Waals surface area contributed by atoms with Gasteiger partial charge in [-0.3, -0.25) is 4.79 Å². The molecule has 1 aromatic carbocycles. The molecule has 5 heteroatoms. The molecule has 4 atom stereocenters. The monoisotopic (exact) mass is 450 g/mol. The summed E-state index contributed by atoms with van der Waals surface area (Å²) >= 11 is 6.65. The van der Waals surface area contributed by atoms with Crippen molar-refractivity contribution in [1.82, 2.24) is 0 Å². The van der Waals surface area contributed by atoms with Gasteiger partial charge < -0.3 is 14.9 Å². The minimum absolute atomic E-state index is 0.0770. The number of rotatable bonds is 14. The number of hydrogen-bond donors (Lipinski definition) is 2. The van der Waals surface area contributed by atoms with E-state index in [0.717, 1.165) is 56.9 Å². The van der Waals surface area contributed by atoms with Gasteiger partial charge in [0.15, 0.2) is 0 Å². The lowest BCUT2D eigenvalue weighted by Gasteiger charge is -2.21. The lowest BCUT2D eigenvalue weighted by molar-refractivity contribution is -0.144. The maximum Gasteiger partial charge on any atom is 0.305 e.